The Morgan fingerprint density at radius 1 is 1.29 bits per heavy atom. The third kappa shape index (κ3) is 5.93. The Balaban J connectivity index is 2.59. The summed E-state index contributed by atoms with van der Waals surface area (Å²) in [6, 6.07) is 0.236. The van der Waals surface area contributed by atoms with Gasteiger partial charge in [0.15, 0.2) is 0 Å². The average Bonchev–Trinajstić information content (AvgIpc) is 2.40. The molecule has 1 atom stereocenters. The third-order valence-corrected chi connectivity index (χ3v) is 3.81. The summed E-state index contributed by atoms with van der Waals surface area (Å²) >= 11 is 0. The molecule has 1 fully saturated rings. The lowest BCUT2D eigenvalue weighted by Gasteiger charge is -2.39. The van der Waals surface area contributed by atoms with Crippen molar-refractivity contribution in [2.45, 2.75) is 65.1 Å². The SMILES string of the molecule is CCOC(=O)C(C)(CN1CCC(OCC)CC1)NC(C)C. The van der Waals surface area contributed by atoms with E-state index < -0.39 is 5.54 Å². The van der Waals surface area contributed by atoms with Crippen LogP contribution in [0.2, 0.25) is 0 Å². The molecule has 0 spiro atoms. The molecule has 1 heterocycles. The van der Waals surface area contributed by atoms with Crippen LogP contribution in [0.1, 0.15) is 47.5 Å². The molecule has 1 unspecified atom stereocenters. The van der Waals surface area contributed by atoms with Crippen LogP contribution in [0.5, 0.6) is 0 Å². The number of nitrogens with zero attached hydrogens (tertiary/aromatic N) is 1. The summed E-state index contributed by atoms with van der Waals surface area (Å²) in [5.74, 6) is -0.161. The average molecular weight is 300 g/mol. The first-order chi connectivity index (χ1) is 9.91. The van der Waals surface area contributed by atoms with Crippen LogP contribution in [0.25, 0.3) is 0 Å². The second kappa shape index (κ2) is 8.71. The molecule has 0 amide bonds. The molecule has 21 heavy (non-hydrogen) atoms. The summed E-state index contributed by atoms with van der Waals surface area (Å²) in [7, 11) is 0. The first-order valence-corrected chi connectivity index (χ1v) is 8.20. The van der Waals surface area contributed by atoms with Gasteiger partial charge in [-0.05, 0) is 47.5 Å². The summed E-state index contributed by atoms with van der Waals surface area (Å²) in [4.78, 5) is 14.6. The maximum absolute atomic E-state index is 12.3. The maximum Gasteiger partial charge on any atom is 0.327 e. The van der Waals surface area contributed by atoms with Gasteiger partial charge < -0.3 is 14.4 Å². The van der Waals surface area contributed by atoms with Crippen molar-refractivity contribution in [2.75, 3.05) is 32.8 Å². The van der Waals surface area contributed by atoms with Crippen LogP contribution in [0, 0.1) is 0 Å². The van der Waals surface area contributed by atoms with Gasteiger partial charge in [-0.15, -0.1) is 0 Å². The van der Waals surface area contributed by atoms with Crippen molar-refractivity contribution in [2.24, 2.45) is 0 Å². The van der Waals surface area contributed by atoms with Crippen molar-refractivity contribution >= 4 is 5.97 Å². The fourth-order valence-electron chi connectivity index (χ4n) is 3.01. The number of rotatable bonds is 8. The number of piperidine rings is 1. The summed E-state index contributed by atoms with van der Waals surface area (Å²) in [6.45, 7) is 13.8. The zero-order valence-electron chi connectivity index (χ0n) is 14.3. The van der Waals surface area contributed by atoms with Crippen LogP contribution < -0.4 is 5.32 Å². The molecule has 1 saturated heterocycles. The first kappa shape index (κ1) is 18.4. The number of hydrogen-bond donors (Lipinski definition) is 1. The van der Waals surface area contributed by atoms with Gasteiger partial charge in [-0.25, -0.2) is 0 Å². The number of esters is 1. The number of nitrogens with one attached hydrogen (secondary N) is 1. The molecule has 0 bridgehead atoms. The fraction of sp³-hybridized carbons (Fsp3) is 0.938. The van der Waals surface area contributed by atoms with E-state index in [1.807, 2.05) is 20.8 Å². The van der Waals surface area contributed by atoms with Crippen molar-refractivity contribution in [3.63, 3.8) is 0 Å². The Hall–Kier alpha value is -0.650. The predicted molar refractivity (Wildman–Crippen MR) is 84.4 cm³/mol. The van der Waals surface area contributed by atoms with Gasteiger partial charge >= 0.3 is 5.97 Å². The molecule has 124 valence electrons. The van der Waals surface area contributed by atoms with Crippen LogP contribution in [-0.2, 0) is 14.3 Å². The highest BCUT2D eigenvalue weighted by Crippen LogP contribution is 2.18. The molecule has 0 aliphatic carbocycles. The van der Waals surface area contributed by atoms with Crippen LogP contribution in [0.4, 0.5) is 0 Å². The predicted octanol–water partition coefficient (Wildman–Crippen LogP) is 1.81. The van der Waals surface area contributed by atoms with Crippen molar-refractivity contribution in [1.29, 1.82) is 0 Å². The molecule has 0 aromatic rings. The van der Waals surface area contributed by atoms with Gasteiger partial charge in [0.05, 0.1) is 12.7 Å². The molecule has 5 nitrogen and oxygen atoms in total. The monoisotopic (exact) mass is 300 g/mol. The summed E-state index contributed by atoms with van der Waals surface area (Å²) in [5, 5.41) is 3.38. The molecule has 5 heteroatoms. The quantitative estimate of drug-likeness (QED) is 0.693. The Kier molecular flexibility index (Phi) is 7.63. The standard InChI is InChI=1S/C16H32N2O3/c1-6-20-14-8-10-18(11-9-14)12-16(5,17-13(3)4)15(19)21-7-2/h13-14,17H,6-12H2,1-5H3. The minimum absolute atomic E-state index is 0.161. The van der Waals surface area contributed by atoms with Crippen LogP contribution >= 0.6 is 0 Å². The molecule has 0 aromatic heterocycles. The third-order valence-electron chi connectivity index (χ3n) is 3.81. The molecule has 1 N–H and O–H groups in total. The van der Waals surface area contributed by atoms with Gasteiger partial charge in [0.2, 0.25) is 0 Å². The van der Waals surface area contributed by atoms with Gasteiger partial charge in [-0.1, -0.05) is 0 Å². The van der Waals surface area contributed by atoms with E-state index in [2.05, 4.69) is 24.1 Å². The van der Waals surface area contributed by atoms with E-state index in [0.29, 0.717) is 19.3 Å². The lowest BCUT2D eigenvalue weighted by Crippen LogP contribution is -2.60. The highest BCUT2D eigenvalue weighted by atomic mass is 16.5. The maximum atomic E-state index is 12.3. The van der Waals surface area contributed by atoms with E-state index in [4.69, 9.17) is 9.47 Å². The lowest BCUT2D eigenvalue weighted by molar-refractivity contribution is -0.152. The second-order valence-corrected chi connectivity index (χ2v) is 6.28. The molecule has 1 aliphatic heterocycles. The second-order valence-electron chi connectivity index (χ2n) is 6.28. The highest BCUT2D eigenvalue weighted by Gasteiger charge is 2.37. The first-order valence-electron chi connectivity index (χ1n) is 8.20. The van der Waals surface area contributed by atoms with Crippen molar-refractivity contribution in [3.05, 3.63) is 0 Å². The molecular weight excluding hydrogens is 268 g/mol. The minimum atomic E-state index is -0.650. The topological polar surface area (TPSA) is 50.8 Å². The number of carbonyl (C=O) groups is 1. The summed E-state index contributed by atoms with van der Waals surface area (Å²) < 4.78 is 10.9. The Morgan fingerprint density at radius 3 is 2.38 bits per heavy atom. The number of hydrogen-bond acceptors (Lipinski definition) is 5. The van der Waals surface area contributed by atoms with E-state index in [1.54, 1.807) is 0 Å². The Bertz CT molecular complexity index is 315. The Labute approximate surface area is 129 Å². The van der Waals surface area contributed by atoms with Crippen LogP contribution in [-0.4, -0.2) is 61.4 Å². The number of likely N-dealkylation sites (tertiary alicyclic amines) is 1. The van der Waals surface area contributed by atoms with E-state index in [-0.39, 0.29) is 12.0 Å². The summed E-state index contributed by atoms with van der Waals surface area (Å²) in [6.07, 6.45) is 2.45. The minimum Gasteiger partial charge on any atom is -0.465 e. The summed E-state index contributed by atoms with van der Waals surface area (Å²) in [5.41, 5.74) is -0.650. The van der Waals surface area contributed by atoms with Crippen LogP contribution in [0.3, 0.4) is 0 Å². The van der Waals surface area contributed by atoms with Crippen molar-refractivity contribution in [3.8, 4) is 0 Å². The number of carbonyl (C=O) groups excluding carboxylic acids is 1. The molecule has 0 aromatic carbocycles. The van der Waals surface area contributed by atoms with Gasteiger partial charge in [-0.3, -0.25) is 10.1 Å². The van der Waals surface area contributed by atoms with Gasteiger partial charge in [-0.2, -0.15) is 0 Å². The van der Waals surface area contributed by atoms with E-state index in [1.165, 1.54) is 0 Å². The zero-order valence-corrected chi connectivity index (χ0v) is 14.3. The van der Waals surface area contributed by atoms with Crippen molar-refractivity contribution in [1.82, 2.24) is 10.2 Å². The highest BCUT2D eigenvalue weighted by molar-refractivity contribution is 5.80. The largest absolute Gasteiger partial charge is 0.465 e. The molecule has 0 radical (unpaired) electrons. The fourth-order valence-corrected chi connectivity index (χ4v) is 3.01. The van der Waals surface area contributed by atoms with Crippen LogP contribution in [0.15, 0.2) is 0 Å². The lowest BCUT2D eigenvalue weighted by atomic mass is 9.98. The van der Waals surface area contributed by atoms with Gasteiger partial charge in [0.25, 0.3) is 0 Å². The van der Waals surface area contributed by atoms with Gasteiger partial charge in [0, 0.05) is 32.3 Å². The van der Waals surface area contributed by atoms with Crippen molar-refractivity contribution < 1.29 is 14.3 Å². The van der Waals surface area contributed by atoms with E-state index in [9.17, 15) is 4.79 Å². The Morgan fingerprint density at radius 2 is 1.90 bits per heavy atom. The molecule has 0 saturated carbocycles. The smallest absolute Gasteiger partial charge is 0.327 e. The number of ether oxygens (including phenoxy) is 2. The molecule has 1 rings (SSSR count). The van der Waals surface area contributed by atoms with Gasteiger partial charge in [0.1, 0.15) is 5.54 Å². The van der Waals surface area contributed by atoms with E-state index in [0.717, 1.165) is 32.5 Å². The molecule has 1 aliphatic rings. The zero-order chi connectivity index (χ0) is 15.9. The normalized spacial score (nSPS) is 20.5. The molecular formula is C16H32N2O3. The van der Waals surface area contributed by atoms with E-state index >= 15 is 0 Å².